The molecule has 0 aliphatic heterocycles. The molecular formula is C21H21ClN2O3. The first kappa shape index (κ1) is 19.1. The summed E-state index contributed by atoms with van der Waals surface area (Å²) in [5.74, 6) is -0.227. The van der Waals surface area contributed by atoms with Crippen molar-refractivity contribution in [2.24, 2.45) is 0 Å². The van der Waals surface area contributed by atoms with Gasteiger partial charge in [-0.05, 0) is 55.1 Å². The van der Waals surface area contributed by atoms with Gasteiger partial charge in [0, 0.05) is 34.8 Å². The van der Waals surface area contributed by atoms with Crippen LogP contribution in [-0.2, 0) is 6.54 Å². The number of hydrogen-bond acceptors (Lipinski definition) is 3. The first-order chi connectivity index (χ1) is 13.0. The average Bonchev–Trinajstić information content (AvgIpc) is 2.65. The maximum absolute atomic E-state index is 12.9. The van der Waals surface area contributed by atoms with Gasteiger partial charge in [0.05, 0.1) is 6.54 Å². The zero-order valence-corrected chi connectivity index (χ0v) is 15.8. The Morgan fingerprint density at radius 2 is 2.00 bits per heavy atom. The van der Waals surface area contributed by atoms with E-state index in [4.69, 9.17) is 11.6 Å². The van der Waals surface area contributed by atoms with Gasteiger partial charge in [0.1, 0.15) is 0 Å². The first-order valence-electron chi connectivity index (χ1n) is 8.76. The minimum absolute atomic E-state index is 0.0351. The van der Waals surface area contributed by atoms with Crippen LogP contribution < -0.4 is 5.56 Å². The van der Waals surface area contributed by atoms with Crippen molar-refractivity contribution in [1.29, 1.82) is 0 Å². The van der Waals surface area contributed by atoms with E-state index in [0.717, 1.165) is 16.5 Å². The predicted octanol–water partition coefficient (Wildman–Crippen LogP) is 3.51. The monoisotopic (exact) mass is 384 g/mol. The molecule has 0 aliphatic carbocycles. The van der Waals surface area contributed by atoms with Crippen molar-refractivity contribution in [3.8, 4) is 0 Å². The largest absolute Gasteiger partial charge is 0.396 e. The fourth-order valence-corrected chi connectivity index (χ4v) is 3.20. The molecule has 5 nitrogen and oxygen atoms in total. The van der Waals surface area contributed by atoms with Gasteiger partial charge >= 0.3 is 0 Å². The number of carbonyl (C=O) groups is 1. The number of carbonyl (C=O) groups excluding carboxylic acids is 1. The number of aromatic nitrogens is 1. The number of aryl methyl sites for hydroxylation is 1. The zero-order chi connectivity index (χ0) is 19.4. The number of benzene rings is 2. The van der Waals surface area contributed by atoms with Crippen molar-refractivity contribution < 1.29 is 9.90 Å². The number of aromatic amines is 1. The summed E-state index contributed by atoms with van der Waals surface area (Å²) >= 11 is 6.00. The van der Waals surface area contributed by atoms with E-state index in [1.54, 1.807) is 29.2 Å². The summed E-state index contributed by atoms with van der Waals surface area (Å²) in [4.78, 5) is 29.8. The van der Waals surface area contributed by atoms with Crippen LogP contribution in [0.3, 0.4) is 0 Å². The van der Waals surface area contributed by atoms with E-state index in [0.29, 0.717) is 29.1 Å². The highest BCUT2D eigenvalue weighted by Gasteiger charge is 2.18. The van der Waals surface area contributed by atoms with Gasteiger partial charge in [-0.25, -0.2) is 0 Å². The summed E-state index contributed by atoms with van der Waals surface area (Å²) < 4.78 is 0. The molecule has 0 fully saturated rings. The molecule has 0 spiro atoms. The standard InChI is InChI=1S/C21H21ClN2O3/c1-14-6-7-19-16(10-14)11-17(20(26)23-19)13-24(8-3-9-25)21(27)15-4-2-5-18(22)12-15/h2,4-7,10-12,25H,3,8-9,13H2,1H3,(H,23,26). The summed E-state index contributed by atoms with van der Waals surface area (Å²) in [6.07, 6.45) is 0.427. The van der Waals surface area contributed by atoms with Gasteiger partial charge in [-0.1, -0.05) is 29.3 Å². The Labute approximate surface area is 162 Å². The highest BCUT2D eigenvalue weighted by molar-refractivity contribution is 6.30. The average molecular weight is 385 g/mol. The van der Waals surface area contributed by atoms with Crippen molar-refractivity contribution in [1.82, 2.24) is 9.88 Å². The predicted molar refractivity (Wildman–Crippen MR) is 107 cm³/mol. The van der Waals surface area contributed by atoms with Crippen LogP contribution in [0.1, 0.15) is 27.9 Å². The summed E-state index contributed by atoms with van der Waals surface area (Å²) in [7, 11) is 0. The lowest BCUT2D eigenvalue weighted by Gasteiger charge is -2.22. The molecule has 27 heavy (non-hydrogen) atoms. The molecule has 2 aromatic carbocycles. The summed E-state index contributed by atoms with van der Waals surface area (Å²) in [5, 5.41) is 10.6. The van der Waals surface area contributed by atoms with E-state index >= 15 is 0 Å². The van der Waals surface area contributed by atoms with E-state index in [1.807, 2.05) is 31.2 Å². The number of nitrogens with zero attached hydrogens (tertiary/aromatic N) is 1. The molecular weight excluding hydrogens is 364 g/mol. The highest BCUT2D eigenvalue weighted by atomic mass is 35.5. The summed E-state index contributed by atoms with van der Waals surface area (Å²) in [6, 6.07) is 14.3. The number of nitrogens with one attached hydrogen (secondary N) is 1. The van der Waals surface area contributed by atoms with E-state index in [2.05, 4.69) is 4.98 Å². The lowest BCUT2D eigenvalue weighted by Crippen LogP contribution is -2.34. The van der Waals surface area contributed by atoms with Crippen LogP contribution in [0.25, 0.3) is 10.9 Å². The zero-order valence-electron chi connectivity index (χ0n) is 15.0. The van der Waals surface area contributed by atoms with Gasteiger partial charge in [0.15, 0.2) is 0 Å². The van der Waals surface area contributed by atoms with Crippen LogP contribution in [0.5, 0.6) is 0 Å². The summed E-state index contributed by atoms with van der Waals surface area (Å²) in [5.41, 5.74) is 2.58. The fourth-order valence-electron chi connectivity index (χ4n) is 3.01. The Morgan fingerprint density at radius 1 is 1.19 bits per heavy atom. The number of rotatable bonds is 6. The van der Waals surface area contributed by atoms with Gasteiger partial charge in [-0.3, -0.25) is 9.59 Å². The normalized spacial score (nSPS) is 10.9. The molecule has 2 N–H and O–H groups in total. The van der Waals surface area contributed by atoms with Crippen LogP contribution in [-0.4, -0.2) is 34.0 Å². The quantitative estimate of drug-likeness (QED) is 0.683. The fraction of sp³-hybridized carbons (Fsp3) is 0.238. The molecule has 3 rings (SSSR count). The van der Waals surface area contributed by atoms with E-state index in [9.17, 15) is 14.7 Å². The number of hydrogen-bond donors (Lipinski definition) is 2. The molecule has 0 bridgehead atoms. The molecule has 0 saturated carbocycles. The Kier molecular flexibility index (Phi) is 5.94. The minimum Gasteiger partial charge on any atom is -0.396 e. The van der Waals surface area contributed by atoms with Crippen LogP contribution >= 0.6 is 11.6 Å². The molecule has 3 aromatic rings. The molecule has 1 amide bonds. The Hall–Kier alpha value is -2.63. The highest BCUT2D eigenvalue weighted by Crippen LogP contribution is 2.17. The molecule has 1 aromatic heterocycles. The summed E-state index contributed by atoms with van der Waals surface area (Å²) in [6.45, 7) is 2.45. The second-order valence-corrected chi connectivity index (χ2v) is 6.97. The van der Waals surface area contributed by atoms with E-state index in [1.165, 1.54) is 0 Å². The molecule has 0 saturated heterocycles. The van der Waals surface area contributed by atoms with E-state index < -0.39 is 0 Å². The Balaban J connectivity index is 1.94. The van der Waals surface area contributed by atoms with Gasteiger partial charge in [-0.15, -0.1) is 0 Å². The van der Waals surface area contributed by atoms with Crippen LogP contribution in [0.2, 0.25) is 5.02 Å². The topological polar surface area (TPSA) is 73.4 Å². The number of H-pyrrole nitrogens is 1. The maximum atomic E-state index is 12.9. The first-order valence-corrected chi connectivity index (χ1v) is 9.14. The molecule has 0 unspecified atom stereocenters. The number of pyridine rings is 1. The van der Waals surface area contributed by atoms with Gasteiger partial charge in [0.25, 0.3) is 11.5 Å². The van der Waals surface area contributed by atoms with Crippen molar-refractivity contribution in [2.45, 2.75) is 19.9 Å². The van der Waals surface area contributed by atoms with E-state index in [-0.39, 0.29) is 24.6 Å². The molecule has 0 atom stereocenters. The third kappa shape index (κ3) is 4.56. The number of amides is 1. The molecule has 140 valence electrons. The number of fused-ring (bicyclic) bond motifs is 1. The number of halogens is 1. The lowest BCUT2D eigenvalue weighted by atomic mass is 10.1. The minimum atomic E-state index is -0.227. The lowest BCUT2D eigenvalue weighted by molar-refractivity contribution is 0.0731. The van der Waals surface area contributed by atoms with Crippen molar-refractivity contribution >= 4 is 28.4 Å². The second-order valence-electron chi connectivity index (χ2n) is 6.53. The van der Waals surface area contributed by atoms with Crippen LogP contribution in [0, 0.1) is 6.92 Å². The Morgan fingerprint density at radius 3 is 2.74 bits per heavy atom. The third-order valence-electron chi connectivity index (χ3n) is 4.38. The van der Waals surface area contributed by atoms with Crippen molar-refractivity contribution in [3.63, 3.8) is 0 Å². The van der Waals surface area contributed by atoms with Crippen molar-refractivity contribution in [3.05, 3.63) is 80.6 Å². The molecule has 0 aliphatic rings. The molecule has 0 radical (unpaired) electrons. The SMILES string of the molecule is Cc1ccc2[nH]c(=O)c(CN(CCCO)C(=O)c3cccc(Cl)c3)cc2c1. The third-order valence-corrected chi connectivity index (χ3v) is 4.62. The van der Waals surface area contributed by atoms with Crippen molar-refractivity contribution in [2.75, 3.05) is 13.2 Å². The smallest absolute Gasteiger partial charge is 0.254 e. The van der Waals surface area contributed by atoms with Crippen LogP contribution in [0.4, 0.5) is 0 Å². The Bertz CT molecular complexity index is 1030. The molecule has 1 heterocycles. The number of aliphatic hydroxyl groups excluding tert-OH is 1. The number of aliphatic hydroxyl groups is 1. The maximum Gasteiger partial charge on any atom is 0.254 e. The van der Waals surface area contributed by atoms with Gasteiger partial charge < -0.3 is 15.0 Å². The van der Waals surface area contributed by atoms with Gasteiger partial charge in [-0.2, -0.15) is 0 Å². The van der Waals surface area contributed by atoms with Crippen LogP contribution in [0.15, 0.2) is 53.3 Å². The molecule has 6 heteroatoms. The second kappa shape index (κ2) is 8.37. The van der Waals surface area contributed by atoms with Gasteiger partial charge in [0.2, 0.25) is 0 Å².